The molecule has 20 nitrogen and oxygen atoms in total. The van der Waals surface area contributed by atoms with Crippen LogP contribution < -0.4 is 15.5 Å². The Labute approximate surface area is 723 Å². The van der Waals surface area contributed by atoms with E-state index in [1.165, 1.54) is 17.3 Å². The summed E-state index contributed by atoms with van der Waals surface area (Å²) in [4.78, 5) is 35.4. The number of halogens is 10. The number of rotatable bonds is 17. The van der Waals surface area contributed by atoms with E-state index in [1.54, 1.807) is 50.4 Å². The number of para-hydroxylation sites is 3. The van der Waals surface area contributed by atoms with E-state index in [1.807, 2.05) is 159 Å². The number of allylic oxidation sites excluding steroid dienone is 1. The fourth-order valence-corrected chi connectivity index (χ4v) is 13.0. The summed E-state index contributed by atoms with van der Waals surface area (Å²) in [5, 5.41) is 20.5. The second-order valence-corrected chi connectivity index (χ2v) is 27.8. The normalized spacial score (nSPS) is 11.1. The van der Waals surface area contributed by atoms with Crippen molar-refractivity contribution in [2.45, 2.75) is 135 Å². The van der Waals surface area contributed by atoms with Crippen LogP contribution in [0.25, 0.3) is 29.1 Å². The number of benzene rings is 3. The van der Waals surface area contributed by atoms with Crippen molar-refractivity contribution >= 4 is 93.8 Å². The van der Waals surface area contributed by atoms with Gasteiger partial charge < -0.3 is 15.1 Å². The van der Waals surface area contributed by atoms with Gasteiger partial charge >= 0.3 is 33.4 Å². The zero-order chi connectivity index (χ0) is 81.6. The molecule has 11 aromatic heterocycles. The molecule has 0 aliphatic carbocycles. The molecule has 0 atom stereocenters. The average molecular weight is 1990 g/mol. The van der Waals surface area contributed by atoms with Crippen LogP contribution >= 0.6 is 47.8 Å². The molecule has 2 N–H and O–H groups in total. The third-order valence-electron chi connectivity index (χ3n) is 17.3. The fraction of sp³-hybridized carbons (Fsp3) is 0.241. The third-order valence-corrected chi connectivity index (χ3v) is 18.7. The molecule has 620 valence electrons. The van der Waals surface area contributed by atoms with Gasteiger partial charge in [-0.2, -0.15) is 41.6 Å². The van der Waals surface area contributed by atoms with E-state index in [0.717, 1.165) is 148 Å². The molecule has 1 aliphatic rings. The molecule has 0 amide bonds. The second-order valence-electron chi connectivity index (χ2n) is 25.4. The summed E-state index contributed by atoms with van der Waals surface area (Å²) in [7, 11) is 0. The van der Waals surface area contributed by atoms with Crippen molar-refractivity contribution in [3.8, 4) is 29.1 Å². The number of hydrogen-bond donors (Lipinski definition) is 1. The number of nitrogens with two attached hydrogens (primary N) is 1. The van der Waals surface area contributed by atoms with Crippen LogP contribution in [0.15, 0.2) is 244 Å². The van der Waals surface area contributed by atoms with Crippen molar-refractivity contribution in [1.29, 1.82) is 0 Å². The maximum atomic E-state index is 13.2. The minimum absolute atomic E-state index is 0. The molecular weight excluding hydrogens is 1890 g/mol. The van der Waals surface area contributed by atoms with E-state index in [2.05, 4.69) is 191 Å². The van der Waals surface area contributed by atoms with Crippen LogP contribution in [0.4, 0.5) is 71.4 Å². The Kier molecular flexibility index (Phi) is 36.7. The first-order chi connectivity index (χ1) is 54.8. The number of pyridine rings is 6. The van der Waals surface area contributed by atoms with Crippen LogP contribution in [0, 0.1) is 33.2 Å². The molecule has 0 radical (unpaired) electrons. The molecule has 0 saturated heterocycles. The van der Waals surface area contributed by atoms with Crippen LogP contribution in [0.2, 0.25) is 0 Å². The molecule has 15 rings (SSSR count). The Morgan fingerprint density at radius 1 is 0.390 bits per heavy atom. The summed E-state index contributed by atoms with van der Waals surface area (Å²) in [5.41, 5.74) is 17.4. The van der Waals surface area contributed by atoms with Gasteiger partial charge in [-0.05, 0) is 231 Å². The first-order valence-electron chi connectivity index (χ1n) is 36.6. The molecule has 0 fully saturated rings. The molecular formula is C87H92Br3F7N20Pt. The number of alkyl halides is 6. The van der Waals surface area contributed by atoms with Gasteiger partial charge in [-0.1, -0.05) is 185 Å². The van der Waals surface area contributed by atoms with Gasteiger partial charge in [-0.3, -0.25) is 39.7 Å². The number of anilines is 7. The summed E-state index contributed by atoms with van der Waals surface area (Å²) < 4.78 is 88.8. The summed E-state index contributed by atoms with van der Waals surface area (Å²) in [6, 6.07) is 58.8. The van der Waals surface area contributed by atoms with Crippen molar-refractivity contribution in [1.82, 2.24) is 78.8 Å². The van der Waals surface area contributed by atoms with Crippen molar-refractivity contribution in [2.75, 3.05) is 22.1 Å². The summed E-state index contributed by atoms with van der Waals surface area (Å²) in [5.74, 6) is 4.63. The van der Waals surface area contributed by atoms with Gasteiger partial charge in [0.05, 0.1) is 46.6 Å². The third kappa shape index (κ3) is 25.5. The number of aromatic nitrogens is 16. The van der Waals surface area contributed by atoms with E-state index in [4.69, 9.17) is 25.7 Å². The SMILES string of the molecule is Brc1cccc(Br)n1.C.C.CC1=NCC=C1.CCc1cccc(CC)c1N.CCc1cccc(CC)c1N(c1cccc(-n2[c-]cc(C)n2)n1)c1cccc(-n2[c-]cc(C(F)(F)F)n2)n1.CCc1cccc(CC)c1N(c1cccc(-n2ccc(C)n2)n1)c1cccc(-n2ccc(C(F)(F)F)n2)n1.Cc1ccn(-c2cccc(Br)n2)n1.F.[Pt+2]. The zero-order valence-electron chi connectivity index (χ0n) is 65.0. The van der Waals surface area contributed by atoms with Crippen LogP contribution in [-0.2, 0) is 71.9 Å². The van der Waals surface area contributed by atoms with Crippen LogP contribution in [0.3, 0.4) is 0 Å². The quantitative estimate of drug-likeness (QED) is 0.0389. The molecule has 0 saturated carbocycles. The maximum absolute atomic E-state index is 13.2. The number of aliphatic imine (C=N–C) groups is 1. The van der Waals surface area contributed by atoms with E-state index < -0.39 is 23.7 Å². The smallest absolute Gasteiger partial charge is 0.398 e. The Morgan fingerprint density at radius 2 is 0.729 bits per heavy atom. The van der Waals surface area contributed by atoms with E-state index in [-0.39, 0.29) is 52.3 Å². The van der Waals surface area contributed by atoms with Gasteiger partial charge in [0.15, 0.2) is 23.1 Å². The monoisotopic (exact) mass is 1980 g/mol. The predicted octanol–water partition coefficient (Wildman–Crippen LogP) is 22.9. The second kappa shape index (κ2) is 45.1. The van der Waals surface area contributed by atoms with Gasteiger partial charge in [-0.15, -0.1) is 12.1 Å². The van der Waals surface area contributed by atoms with Gasteiger partial charge in [0.1, 0.15) is 37.1 Å². The summed E-state index contributed by atoms with van der Waals surface area (Å²) in [6.45, 7) is 21.2. The molecule has 118 heavy (non-hydrogen) atoms. The topological polar surface area (TPSA) is 211 Å². The van der Waals surface area contributed by atoms with Gasteiger partial charge in [0, 0.05) is 30.0 Å². The summed E-state index contributed by atoms with van der Waals surface area (Å²) >= 11 is 9.76. The van der Waals surface area contributed by atoms with E-state index in [9.17, 15) is 26.3 Å². The minimum atomic E-state index is -4.58. The average Bonchev–Trinajstić information content (AvgIpc) is 1.22. The molecule has 0 unspecified atom stereocenters. The minimum Gasteiger partial charge on any atom is -0.398 e. The van der Waals surface area contributed by atoms with Gasteiger partial charge in [0.2, 0.25) is 0 Å². The molecule has 3 aromatic carbocycles. The molecule has 31 heteroatoms. The Balaban J connectivity index is 0.000000248. The van der Waals surface area contributed by atoms with Crippen LogP contribution in [-0.4, -0.2) is 91.1 Å². The number of nitrogen functional groups attached to an aromatic ring is 1. The van der Waals surface area contributed by atoms with Crippen LogP contribution in [0.5, 0.6) is 0 Å². The number of hydrogen-bond acceptors (Lipinski definition) is 15. The summed E-state index contributed by atoms with van der Waals surface area (Å²) in [6.07, 6.45) is 10.7. The number of nitrogens with zero attached hydrogens (tertiary/aromatic N) is 19. The zero-order valence-corrected chi connectivity index (χ0v) is 72.0. The number of aryl methyl sites for hydroxylation is 9. The van der Waals surface area contributed by atoms with E-state index in [0.29, 0.717) is 34.9 Å². The first kappa shape index (κ1) is 95.9. The van der Waals surface area contributed by atoms with Gasteiger partial charge in [-0.25, -0.2) is 34.0 Å². The predicted molar refractivity (Wildman–Crippen MR) is 463 cm³/mol. The van der Waals surface area contributed by atoms with Crippen molar-refractivity contribution in [3.05, 3.63) is 313 Å². The molecule has 12 heterocycles. The molecule has 1 aliphatic heterocycles. The maximum Gasteiger partial charge on any atom is 2.00 e. The molecule has 0 bridgehead atoms. The van der Waals surface area contributed by atoms with Gasteiger partial charge in [0.25, 0.3) is 0 Å². The molecule has 14 aromatic rings. The van der Waals surface area contributed by atoms with E-state index >= 15 is 0 Å². The first-order valence-corrected chi connectivity index (χ1v) is 39.0. The van der Waals surface area contributed by atoms with Crippen LogP contribution in [0.1, 0.15) is 125 Å². The standard InChI is InChI=1S/C28H26F3N7.C28H24F3N7.C10H15N.C9H8BrN3.C5H3Br2N.C5H7N.2CH4.FH.Pt/c2*1-4-20-9-6-10-21(5-2)27(20)38(25-13-7-11-23(32-25)36-17-15-19(3)34-36)26-14-8-12-24(33-26)37-18-16-22(35-37)28(29,30)31;1-3-8-6-5-7-9(4-2)10(8)11;1-7-5-6-13(12-7)9-4-2-3-8(10)11-9;6-4-2-1-3-5(7)8-4;1-5-3-2-4-6-5;;;;/h6-18H,4-5H2,1-3H3;6-16H,4-5H2,1-3H3;5-7H,3-4,11H2,1-2H3;2-6H,1H3;1-3H;2-3H,4H2,1H3;2*1H4;1H;/q;-2;;;;;;;;+2. The Hall–Kier alpha value is -10.9. The molecule has 0 spiro atoms. The van der Waals surface area contributed by atoms with Crippen molar-refractivity contribution in [2.24, 2.45) is 4.99 Å². The van der Waals surface area contributed by atoms with Crippen molar-refractivity contribution < 1.29 is 52.1 Å². The Bertz CT molecular complexity index is 5260. The largest absolute Gasteiger partial charge is 2.00 e. The Morgan fingerprint density at radius 3 is 1.04 bits per heavy atom. The fourth-order valence-electron chi connectivity index (χ4n) is 11.7. The van der Waals surface area contributed by atoms with Crippen molar-refractivity contribution in [3.63, 3.8) is 0 Å².